The van der Waals surface area contributed by atoms with Gasteiger partial charge in [-0.25, -0.2) is 4.52 Å². The quantitative estimate of drug-likeness (QED) is 0.275. The Bertz CT molecular complexity index is 1890. The molecule has 1 aliphatic heterocycles. The van der Waals surface area contributed by atoms with Gasteiger partial charge in [0.1, 0.15) is 28.2 Å². The number of amides is 2. The molecule has 1 fully saturated rings. The highest BCUT2D eigenvalue weighted by Crippen LogP contribution is 2.37. The fourth-order valence-electron chi connectivity index (χ4n) is 5.66. The van der Waals surface area contributed by atoms with Crippen molar-refractivity contribution in [2.24, 2.45) is 0 Å². The molecule has 0 spiro atoms. The van der Waals surface area contributed by atoms with Crippen molar-refractivity contribution in [1.82, 2.24) is 19.8 Å². The van der Waals surface area contributed by atoms with Crippen LogP contribution in [0.1, 0.15) is 49.6 Å². The number of rotatable bonds is 5. The van der Waals surface area contributed by atoms with Crippen LogP contribution in [0.15, 0.2) is 65.3 Å². The van der Waals surface area contributed by atoms with Crippen LogP contribution in [0.5, 0.6) is 11.5 Å². The first-order valence-electron chi connectivity index (χ1n) is 13.5. The van der Waals surface area contributed by atoms with Crippen molar-refractivity contribution in [3.05, 3.63) is 94.5 Å². The molecule has 12 heteroatoms. The molecule has 9 nitrogen and oxygen atoms in total. The Morgan fingerprint density at radius 1 is 1.12 bits per heavy atom. The molecule has 43 heavy (non-hydrogen) atoms. The first-order valence-corrected chi connectivity index (χ1v) is 13.5. The molecule has 1 atom stereocenters. The van der Waals surface area contributed by atoms with Crippen LogP contribution < -0.4 is 10.1 Å². The van der Waals surface area contributed by atoms with Crippen LogP contribution in [-0.4, -0.2) is 51.6 Å². The number of hydrogen-bond donors (Lipinski definition) is 2. The van der Waals surface area contributed by atoms with Crippen LogP contribution in [0.3, 0.4) is 0 Å². The number of likely N-dealkylation sites (tertiary alicyclic amines) is 1. The third-order valence-corrected chi connectivity index (χ3v) is 7.92. The zero-order chi connectivity index (χ0) is 30.7. The largest absolute Gasteiger partial charge is 0.460 e. The smallest absolute Gasteiger partial charge is 0.416 e. The number of alkyl halides is 3. The van der Waals surface area contributed by atoms with Crippen LogP contribution in [0.2, 0.25) is 0 Å². The zero-order valence-electron chi connectivity index (χ0n) is 23.5. The maximum atomic E-state index is 13.6. The minimum absolute atomic E-state index is 0.0692. The Morgan fingerprint density at radius 3 is 2.56 bits per heavy atom. The number of carbonyl (C=O) groups excluding carboxylic acids is 2. The number of hydrogen-bond acceptors (Lipinski definition) is 6. The van der Waals surface area contributed by atoms with Gasteiger partial charge in [-0.3, -0.25) is 9.59 Å². The van der Waals surface area contributed by atoms with E-state index in [9.17, 15) is 27.9 Å². The Balaban J connectivity index is 1.26. The van der Waals surface area contributed by atoms with Crippen molar-refractivity contribution in [2.45, 2.75) is 32.0 Å². The maximum Gasteiger partial charge on any atom is 0.416 e. The van der Waals surface area contributed by atoms with Crippen LogP contribution in [0.4, 0.5) is 13.2 Å². The molecule has 2 N–H and O–H groups in total. The van der Waals surface area contributed by atoms with Gasteiger partial charge < -0.3 is 24.5 Å². The van der Waals surface area contributed by atoms with E-state index in [1.165, 1.54) is 27.7 Å². The van der Waals surface area contributed by atoms with E-state index in [0.717, 1.165) is 12.1 Å². The van der Waals surface area contributed by atoms with E-state index in [2.05, 4.69) is 10.4 Å². The molecule has 0 radical (unpaired) electrons. The number of nitrogens with one attached hydrogen (secondary N) is 1. The molecule has 5 aromatic rings. The van der Waals surface area contributed by atoms with Crippen LogP contribution in [-0.2, 0) is 11.8 Å². The van der Waals surface area contributed by atoms with Gasteiger partial charge in [0, 0.05) is 37.3 Å². The molecule has 1 unspecified atom stereocenters. The molecule has 4 heterocycles. The molecule has 3 aromatic heterocycles. The minimum Gasteiger partial charge on any atom is -0.460 e. The predicted octanol–water partition coefficient (Wildman–Crippen LogP) is 5.60. The number of aryl methyl sites for hydroxylation is 2. The van der Waals surface area contributed by atoms with E-state index in [0.29, 0.717) is 56.0 Å². The Morgan fingerprint density at radius 2 is 1.86 bits per heavy atom. The number of aliphatic hydroxyl groups is 1. The molecule has 0 bridgehead atoms. The molecule has 1 saturated heterocycles. The van der Waals surface area contributed by atoms with E-state index in [4.69, 9.17) is 9.15 Å². The summed E-state index contributed by atoms with van der Waals surface area (Å²) in [4.78, 5) is 27.4. The van der Waals surface area contributed by atoms with Crippen molar-refractivity contribution in [2.75, 3.05) is 20.1 Å². The summed E-state index contributed by atoms with van der Waals surface area (Å²) >= 11 is 0. The van der Waals surface area contributed by atoms with Crippen molar-refractivity contribution in [3.8, 4) is 11.5 Å². The number of carbonyl (C=O) groups is 2. The number of aromatic nitrogens is 2. The van der Waals surface area contributed by atoms with Crippen molar-refractivity contribution < 1.29 is 37.0 Å². The molecule has 2 aromatic carbocycles. The van der Waals surface area contributed by atoms with E-state index in [-0.39, 0.29) is 31.3 Å². The first-order chi connectivity index (χ1) is 20.4. The van der Waals surface area contributed by atoms with Crippen molar-refractivity contribution in [3.63, 3.8) is 0 Å². The van der Waals surface area contributed by atoms with Gasteiger partial charge in [0.25, 0.3) is 11.8 Å². The summed E-state index contributed by atoms with van der Waals surface area (Å²) in [5.41, 5.74) is 0.495. The second kappa shape index (κ2) is 10.2. The van der Waals surface area contributed by atoms with E-state index in [1.54, 1.807) is 51.4 Å². The maximum absolute atomic E-state index is 13.6. The lowest BCUT2D eigenvalue weighted by molar-refractivity contribution is -0.137. The monoisotopic (exact) mass is 592 g/mol. The summed E-state index contributed by atoms with van der Waals surface area (Å²) < 4.78 is 52.5. The summed E-state index contributed by atoms with van der Waals surface area (Å²) in [6.07, 6.45) is -1.18. The van der Waals surface area contributed by atoms with Crippen molar-refractivity contribution in [1.29, 1.82) is 0 Å². The van der Waals surface area contributed by atoms with E-state index < -0.39 is 17.3 Å². The second-order valence-electron chi connectivity index (χ2n) is 10.6. The lowest BCUT2D eigenvalue weighted by Gasteiger charge is -2.24. The first kappa shape index (κ1) is 28.3. The number of benzene rings is 2. The Kier molecular flexibility index (Phi) is 6.68. The van der Waals surface area contributed by atoms with Crippen LogP contribution in [0, 0.1) is 13.8 Å². The zero-order valence-corrected chi connectivity index (χ0v) is 23.5. The summed E-state index contributed by atoms with van der Waals surface area (Å²) in [6.45, 7) is 3.63. The molecule has 2 amide bonds. The number of halogens is 3. The molecule has 0 aliphatic carbocycles. The van der Waals surface area contributed by atoms with Gasteiger partial charge in [-0.2, -0.15) is 18.3 Å². The molecular weight excluding hydrogens is 565 g/mol. The number of fused-ring (bicyclic) bond motifs is 2. The molecule has 222 valence electrons. The normalized spacial score (nSPS) is 17.1. The lowest BCUT2D eigenvalue weighted by atomic mass is 9.92. The van der Waals surface area contributed by atoms with Crippen LogP contribution >= 0.6 is 0 Å². The summed E-state index contributed by atoms with van der Waals surface area (Å²) in [5, 5.41) is 18.8. The van der Waals surface area contributed by atoms with Gasteiger partial charge in [-0.1, -0.05) is 12.1 Å². The fourth-order valence-corrected chi connectivity index (χ4v) is 5.66. The van der Waals surface area contributed by atoms with E-state index in [1.807, 2.05) is 0 Å². The van der Waals surface area contributed by atoms with E-state index >= 15 is 0 Å². The van der Waals surface area contributed by atoms with Crippen molar-refractivity contribution >= 4 is 28.3 Å². The summed E-state index contributed by atoms with van der Waals surface area (Å²) in [6, 6.07) is 11.2. The van der Waals surface area contributed by atoms with Gasteiger partial charge in [-0.05, 0) is 55.7 Å². The highest BCUT2D eigenvalue weighted by Gasteiger charge is 2.41. The summed E-state index contributed by atoms with van der Waals surface area (Å²) in [7, 11) is 1.55. The molecule has 1 aliphatic rings. The van der Waals surface area contributed by atoms with Crippen LogP contribution in [0.25, 0.3) is 16.5 Å². The average Bonchev–Trinajstić information content (AvgIpc) is 3.65. The highest BCUT2D eigenvalue weighted by atomic mass is 19.4. The Hall–Kier alpha value is -4.84. The molecular formula is C31H27F3N4O5. The predicted molar refractivity (Wildman–Crippen MR) is 150 cm³/mol. The standard InChI is InChI=1S/C31H27F3N4O5/c1-17-23(29(40)37-13-11-30(41,16-37)19-4-6-20(7-5-19)31(32,33)34)15-38-27(17)24(10-12-36-38)43-21-8-9-22-25(14-21)42-18(2)26(22)28(39)35-3/h4-10,12,14-15,41H,11,13,16H2,1-3H3,(H,35,39). The number of nitrogens with zero attached hydrogens (tertiary/aromatic N) is 3. The van der Waals surface area contributed by atoms with Gasteiger partial charge in [0.15, 0.2) is 5.75 Å². The van der Waals surface area contributed by atoms with Gasteiger partial charge >= 0.3 is 6.18 Å². The third kappa shape index (κ3) is 4.87. The molecule has 6 rings (SSSR count). The average molecular weight is 593 g/mol. The lowest BCUT2D eigenvalue weighted by Crippen LogP contribution is -2.34. The Labute approximate surface area is 243 Å². The highest BCUT2D eigenvalue weighted by molar-refractivity contribution is 6.07. The summed E-state index contributed by atoms with van der Waals surface area (Å²) in [5.74, 6) is 0.773. The van der Waals surface area contributed by atoms with Gasteiger partial charge in [-0.15, -0.1) is 0 Å². The number of ether oxygens (including phenoxy) is 1. The third-order valence-electron chi connectivity index (χ3n) is 7.92. The SMILES string of the molecule is CNC(=O)c1c(C)oc2cc(Oc3ccnn4cc(C(=O)N5CCC(O)(c6ccc(C(F)(F)F)cc6)C5)c(C)c34)ccc12. The minimum atomic E-state index is -4.48. The second-order valence-corrected chi connectivity index (χ2v) is 10.6. The fraction of sp³-hybridized carbons (Fsp3) is 0.258. The topological polar surface area (TPSA) is 109 Å². The van der Waals surface area contributed by atoms with Gasteiger partial charge in [0.2, 0.25) is 0 Å². The number of furan rings is 1. The number of β-amino-alcohol motifs (C(OH)–C–C–N with tert-alkyl or cyclic N) is 1. The molecule has 0 saturated carbocycles. The van der Waals surface area contributed by atoms with Gasteiger partial charge in [0.05, 0.1) is 29.4 Å².